The molecule has 0 aliphatic heterocycles. The number of nitrogens with two attached hydrogens (primary N) is 1. The number of rotatable bonds is 6. The van der Waals surface area contributed by atoms with E-state index in [-0.39, 0.29) is 0 Å². The topological polar surface area (TPSA) is 51.8 Å². The Morgan fingerprint density at radius 3 is 2.06 bits per heavy atom. The van der Waals surface area contributed by atoms with Gasteiger partial charge in [0.1, 0.15) is 0 Å². The average molecular weight is 416 g/mol. The first-order valence-electron chi connectivity index (χ1n) is 10.9. The molecule has 1 aromatic heterocycles. The van der Waals surface area contributed by atoms with E-state index in [2.05, 4.69) is 49.1 Å². The van der Waals surface area contributed by atoms with Crippen LogP contribution in [0.2, 0.25) is 0 Å². The predicted molar refractivity (Wildman–Crippen MR) is 132 cm³/mol. The van der Waals surface area contributed by atoms with Gasteiger partial charge in [0.05, 0.1) is 11.4 Å². The molecule has 0 bridgehead atoms. The van der Waals surface area contributed by atoms with Crippen molar-refractivity contribution in [2.75, 3.05) is 0 Å². The molecule has 0 saturated heterocycles. The summed E-state index contributed by atoms with van der Waals surface area (Å²) in [6, 6.07) is 22.7. The minimum Gasteiger partial charge on any atom is -0.405 e. The van der Waals surface area contributed by atoms with Gasteiger partial charge < -0.3 is 5.73 Å². The molecule has 0 spiro atoms. The normalized spacial score (nSPS) is 19.5. The Bertz CT molecular complexity index is 1210. The number of hydrogen-bond donors (Lipinski definition) is 1. The number of benzene rings is 2. The Morgan fingerprint density at radius 2 is 1.47 bits per heavy atom. The highest BCUT2D eigenvalue weighted by atomic mass is 14.9. The van der Waals surface area contributed by atoms with Crippen molar-refractivity contribution in [2.45, 2.75) is 6.42 Å². The molecule has 2 aliphatic rings. The number of hydrogen-bond acceptors (Lipinski definition) is 3. The Kier molecular flexibility index (Phi) is 5.39. The molecule has 3 aromatic rings. The maximum Gasteiger partial charge on any atom is 0.156 e. The van der Waals surface area contributed by atoms with Gasteiger partial charge in [-0.15, -0.1) is 0 Å². The van der Waals surface area contributed by atoms with Crippen LogP contribution >= 0.6 is 0 Å². The molecule has 3 heteroatoms. The molecule has 1 heterocycles. The first-order chi connectivity index (χ1) is 15.7. The van der Waals surface area contributed by atoms with E-state index in [0.717, 1.165) is 40.3 Å². The van der Waals surface area contributed by atoms with Crippen molar-refractivity contribution in [2.24, 2.45) is 17.6 Å². The molecule has 2 unspecified atom stereocenters. The summed E-state index contributed by atoms with van der Waals surface area (Å²) >= 11 is 0. The van der Waals surface area contributed by atoms with Crippen LogP contribution < -0.4 is 5.73 Å². The number of nitrogens with zero attached hydrogens (tertiary/aromatic N) is 2. The highest BCUT2D eigenvalue weighted by Gasteiger charge is 2.45. The molecule has 0 amide bonds. The molecule has 2 N–H and O–H groups in total. The zero-order chi connectivity index (χ0) is 21.9. The zero-order valence-electron chi connectivity index (χ0n) is 17.9. The first kappa shape index (κ1) is 20.0. The minimum absolute atomic E-state index is 0.444. The van der Waals surface area contributed by atoms with E-state index in [1.807, 2.05) is 54.6 Å². The van der Waals surface area contributed by atoms with Crippen LogP contribution in [0.5, 0.6) is 0 Å². The third kappa shape index (κ3) is 3.97. The third-order valence-corrected chi connectivity index (χ3v) is 6.05. The Labute approximate surface area is 189 Å². The molecule has 1 saturated carbocycles. The van der Waals surface area contributed by atoms with E-state index in [9.17, 15) is 0 Å². The van der Waals surface area contributed by atoms with Gasteiger partial charge in [-0.25, -0.2) is 9.97 Å². The van der Waals surface area contributed by atoms with Gasteiger partial charge in [0.15, 0.2) is 5.82 Å². The molecule has 1 fully saturated rings. The monoisotopic (exact) mass is 415 g/mol. The van der Waals surface area contributed by atoms with Crippen LogP contribution in [0.3, 0.4) is 0 Å². The average Bonchev–Trinajstić information content (AvgIpc) is 3.65. The largest absolute Gasteiger partial charge is 0.405 e. The van der Waals surface area contributed by atoms with Gasteiger partial charge in [-0.05, 0) is 47.7 Å². The van der Waals surface area contributed by atoms with Crippen LogP contribution in [0.25, 0.3) is 28.1 Å². The minimum atomic E-state index is 0.444. The van der Waals surface area contributed by atoms with E-state index in [1.54, 1.807) is 0 Å². The summed E-state index contributed by atoms with van der Waals surface area (Å²) in [5, 5.41) is 0. The van der Waals surface area contributed by atoms with Gasteiger partial charge in [0.2, 0.25) is 0 Å². The third-order valence-electron chi connectivity index (χ3n) is 6.05. The number of allylic oxidation sites excluding steroid dienone is 8. The Balaban J connectivity index is 1.56. The second-order valence-electron chi connectivity index (χ2n) is 8.16. The van der Waals surface area contributed by atoms with Gasteiger partial charge in [-0.3, -0.25) is 0 Å². The zero-order valence-corrected chi connectivity index (χ0v) is 17.9. The molecular weight excluding hydrogens is 390 g/mol. The fourth-order valence-corrected chi connectivity index (χ4v) is 4.32. The maximum atomic E-state index is 5.42. The lowest BCUT2D eigenvalue weighted by atomic mass is 9.93. The summed E-state index contributed by atoms with van der Waals surface area (Å²) in [6.45, 7) is 4.24. The van der Waals surface area contributed by atoms with E-state index >= 15 is 0 Å². The van der Waals surface area contributed by atoms with Crippen molar-refractivity contribution in [1.29, 1.82) is 0 Å². The molecule has 0 radical (unpaired) electrons. The fourth-order valence-electron chi connectivity index (χ4n) is 4.32. The van der Waals surface area contributed by atoms with Crippen molar-refractivity contribution in [3.05, 3.63) is 127 Å². The highest BCUT2D eigenvalue weighted by Crippen LogP contribution is 2.55. The van der Waals surface area contributed by atoms with Crippen LogP contribution in [0, 0.1) is 11.8 Å². The lowest BCUT2D eigenvalue weighted by Gasteiger charge is -2.15. The van der Waals surface area contributed by atoms with E-state index in [0.29, 0.717) is 11.8 Å². The van der Waals surface area contributed by atoms with Crippen molar-refractivity contribution < 1.29 is 0 Å². The van der Waals surface area contributed by atoms with Gasteiger partial charge >= 0.3 is 0 Å². The van der Waals surface area contributed by atoms with Crippen molar-refractivity contribution in [3.8, 4) is 22.5 Å². The summed E-state index contributed by atoms with van der Waals surface area (Å²) in [6.07, 6.45) is 12.8. The lowest BCUT2D eigenvalue weighted by molar-refractivity contribution is 0.923. The van der Waals surface area contributed by atoms with Crippen LogP contribution in [0.4, 0.5) is 0 Å². The van der Waals surface area contributed by atoms with Crippen molar-refractivity contribution >= 4 is 5.57 Å². The van der Waals surface area contributed by atoms with Gasteiger partial charge in [0, 0.05) is 16.7 Å². The Hall–Kier alpha value is -3.98. The van der Waals surface area contributed by atoms with E-state index in [1.165, 1.54) is 17.3 Å². The van der Waals surface area contributed by atoms with Crippen LogP contribution in [-0.4, -0.2) is 9.97 Å². The second kappa shape index (κ2) is 8.64. The van der Waals surface area contributed by atoms with Crippen LogP contribution in [0.15, 0.2) is 121 Å². The highest BCUT2D eigenvalue weighted by molar-refractivity contribution is 5.76. The van der Waals surface area contributed by atoms with Crippen LogP contribution in [-0.2, 0) is 0 Å². The van der Waals surface area contributed by atoms with Crippen molar-refractivity contribution in [1.82, 2.24) is 9.97 Å². The van der Waals surface area contributed by atoms with Crippen molar-refractivity contribution in [3.63, 3.8) is 0 Å². The molecule has 5 rings (SSSR count). The summed E-state index contributed by atoms with van der Waals surface area (Å²) in [7, 11) is 0. The quantitative estimate of drug-likeness (QED) is 0.477. The van der Waals surface area contributed by atoms with E-state index < -0.39 is 0 Å². The summed E-state index contributed by atoms with van der Waals surface area (Å²) in [5.74, 6) is 1.75. The van der Waals surface area contributed by atoms with E-state index in [4.69, 9.17) is 15.7 Å². The Morgan fingerprint density at radius 1 is 0.844 bits per heavy atom. The SMILES string of the molecule is C=C(/C=C\C=C/N)C1=CC=C(c2nc(-c3ccccc3)cc(-c3ccccc3)n2)C2CC12. The number of fused-ring (bicyclic) bond motifs is 1. The lowest BCUT2D eigenvalue weighted by Crippen LogP contribution is -2.04. The van der Waals surface area contributed by atoms with Gasteiger partial charge in [-0.1, -0.05) is 91.5 Å². The summed E-state index contributed by atoms with van der Waals surface area (Å²) < 4.78 is 0. The van der Waals surface area contributed by atoms with Gasteiger partial charge in [-0.2, -0.15) is 0 Å². The molecule has 2 aromatic carbocycles. The second-order valence-corrected chi connectivity index (χ2v) is 8.16. The van der Waals surface area contributed by atoms with Gasteiger partial charge in [0.25, 0.3) is 0 Å². The van der Waals surface area contributed by atoms with Crippen LogP contribution in [0.1, 0.15) is 12.2 Å². The molecule has 32 heavy (non-hydrogen) atoms. The molecule has 3 nitrogen and oxygen atoms in total. The standard InChI is InChI=1S/C29H25N3/c1-20(10-8-9-17-30)23-15-16-24(26-18-25(23)26)29-31-27(21-11-4-2-5-12-21)19-28(32-29)22-13-6-3-7-14-22/h2-17,19,25-26H,1,18,30H2/b10-8-,17-9-. The predicted octanol–water partition coefficient (Wildman–Crippen LogP) is 6.35. The maximum absolute atomic E-state index is 5.42. The smallest absolute Gasteiger partial charge is 0.156 e. The molecular formula is C29H25N3. The molecule has 156 valence electrons. The first-order valence-corrected chi connectivity index (χ1v) is 10.9. The molecule has 2 atom stereocenters. The molecule has 2 aliphatic carbocycles. The summed E-state index contributed by atoms with van der Waals surface area (Å²) in [5.41, 5.74) is 13.1. The fraction of sp³-hybridized carbons (Fsp3) is 0.103. The number of aromatic nitrogens is 2. The summed E-state index contributed by atoms with van der Waals surface area (Å²) in [4.78, 5) is 9.98.